The molecule has 0 spiro atoms. The van der Waals surface area contributed by atoms with Gasteiger partial charge in [-0.15, -0.1) is 11.3 Å². The molecule has 1 N–H and O–H groups in total. The third-order valence-corrected chi connectivity index (χ3v) is 6.31. The molecule has 1 fully saturated rings. The molecule has 0 unspecified atom stereocenters. The Labute approximate surface area is 171 Å². The van der Waals surface area contributed by atoms with Crippen molar-refractivity contribution in [2.45, 2.75) is 31.8 Å². The molecule has 1 saturated heterocycles. The van der Waals surface area contributed by atoms with E-state index in [-0.39, 0.29) is 18.0 Å². The molecule has 0 radical (unpaired) electrons. The van der Waals surface area contributed by atoms with E-state index in [4.69, 9.17) is 9.72 Å². The molecule has 5 heterocycles. The number of amides is 1. The van der Waals surface area contributed by atoms with E-state index in [0.717, 1.165) is 34.2 Å². The van der Waals surface area contributed by atoms with Gasteiger partial charge in [-0.2, -0.15) is 5.10 Å². The maximum atomic E-state index is 13.0. The number of hydrogen-bond acceptors (Lipinski definition) is 8. The van der Waals surface area contributed by atoms with Crippen molar-refractivity contribution in [3.05, 3.63) is 24.0 Å². The fourth-order valence-electron chi connectivity index (χ4n) is 4.04. The van der Waals surface area contributed by atoms with Crippen LogP contribution in [-0.2, 0) is 9.53 Å². The minimum absolute atomic E-state index is 0.0648. The lowest BCUT2D eigenvalue weighted by Crippen LogP contribution is -2.56. The van der Waals surface area contributed by atoms with E-state index >= 15 is 0 Å². The van der Waals surface area contributed by atoms with Crippen molar-refractivity contribution in [3.8, 4) is 22.1 Å². The Morgan fingerprint density at radius 1 is 1.34 bits per heavy atom. The third-order valence-electron chi connectivity index (χ3n) is 5.52. The number of carbonyl (C=O) groups is 1. The summed E-state index contributed by atoms with van der Waals surface area (Å²) in [5.74, 6) is 1.39. The highest BCUT2D eigenvalue weighted by molar-refractivity contribution is 7.13. The van der Waals surface area contributed by atoms with Crippen LogP contribution in [0.2, 0.25) is 0 Å². The molecule has 1 amide bonds. The maximum absolute atomic E-state index is 13.0. The first-order valence-electron chi connectivity index (χ1n) is 9.63. The predicted molar refractivity (Wildman–Crippen MR) is 110 cm³/mol. The second-order valence-electron chi connectivity index (χ2n) is 7.14. The summed E-state index contributed by atoms with van der Waals surface area (Å²) < 4.78 is 5.62. The van der Waals surface area contributed by atoms with Gasteiger partial charge in [0.15, 0.2) is 11.6 Å². The number of aromatic nitrogens is 5. The molecule has 0 aromatic carbocycles. The zero-order chi connectivity index (χ0) is 20.0. The summed E-state index contributed by atoms with van der Waals surface area (Å²) in [5.41, 5.74) is 2.30. The molecule has 9 nitrogen and oxygen atoms in total. The maximum Gasteiger partial charge on any atom is 0.249 e. The van der Waals surface area contributed by atoms with Crippen LogP contribution in [0.25, 0.3) is 22.1 Å². The van der Waals surface area contributed by atoms with Crippen LogP contribution in [-0.4, -0.2) is 63.4 Å². The van der Waals surface area contributed by atoms with Crippen LogP contribution in [0.1, 0.15) is 19.8 Å². The van der Waals surface area contributed by atoms with Gasteiger partial charge in [-0.05, 0) is 12.8 Å². The Balaban J connectivity index is 1.64. The Bertz CT molecular complexity index is 1030. The largest absolute Gasteiger partial charge is 0.379 e. The van der Waals surface area contributed by atoms with Crippen molar-refractivity contribution < 1.29 is 9.53 Å². The van der Waals surface area contributed by atoms with Crippen molar-refractivity contribution in [3.63, 3.8) is 0 Å². The standard InChI is InChI=1S/C19H21N7O2S/c1-3-13-19(27)25(2)14-9-21-16(23-17(14)26(13)11-4-6-28-10-11)12-8-22-24-15(12)18-20-5-7-29-18/h5,7-9,11,13H,3-4,6,10H2,1-2H3,(H,22,24)/t11-,13+/m0/s1. The molecule has 5 rings (SSSR count). The lowest BCUT2D eigenvalue weighted by atomic mass is 10.0. The highest BCUT2D eigenvalue weighted by atomic mass is 32.1. The van der Waals surface area contributed by atoms with Gasteiger partial charge in [0.1, 0.15) is 22.4 Å². The van der Waals surface area contributed by atoms with Crippen LogP contribution < -0.4 is 9.80 Å². The topological polar surface area (TPSA) is 100 Å². The highest BCUT2D eigenvalue weighted by Gasteiger charge is 2.41. The molecule has 3 aromatic rings. The van der Waals surface area contributed by atoms with Crippen molar-refractivity contribution in [2.24, 2.45) is 0 Å². The molecular formula is C19H21N7O2S. The molecule has 0 bridgehead atoms. The lowest BCUT2D eigenvalue weighted by molar-refractivity contribution is -0.120. The van der Waals surface area contributed by atoms with Gasteiger partial charge in [-0.25, -0.2) is 15.0 Å². The van der Waals surface area contributed by atoms with Gasteiger partial charge in [0.2, 0.25) is 5.91 Å². The van der Waals surface area contributed by atoms with E-state index in [0.29, 0.717) is 25.5 Å². The van der Waals surface area contributed by atoms with Crippen molar-refractivity contribution in [1.82, 2.24) is 25.1 Å². The summed E-state index contributed by atoms with van der Waals surface area (Å²) in [6.45, 7) is 3.33. The van der Waals surface area contributed by atoms with Gasteiger partial charge >= 0.3 is 0 Å². The zero-order valence-corrected chi connectivity index (χ0v) is 17.0. The Kier molecular flexibility index (Phi) is 4.51. The van der Waals surface area contributed by atoms with Crippen molar-refractivity contribution in [2.75, 3.05) is 30.1 Å². The van der Waals surface area contributed by atoms with E-state index in [1.165, 1.54) is 11.3 Å². The van der Waals surface area contributed by atoms with E-state index < -0.39 is 0 Å². The molecular weight excluding hydrogens is 390 g/mol. The first kappa shape index (κ1) is 18.2. The second kappa shape index (κ2) is 7.20. The van der Waals surface area contributed by atoms with Crippen LogP contribution in [0.5, 0.6) is 0 Å². The van der Waals surface area contributed by atoms with Gasteiger partial charge in [-0.3, -0.25) is 9.89 Å². The van der Waals surface area contributed by atoms with E-state index in [1.54, 1.807) is 30.5 Å². The minimum atomic E-state index is -0.260. The van der Waals surface area contributed by atoms with Crippen molar-refractivity contribution in [1.29, 1.82) is 0 Å². The number of ether oxygens (including phenoxy) is 1. The number of likely N-dealkylation sites (N-methyl/N-ethyl adjacent to an activating group) is 1. The number of anilines is 2. The van der Waals surface area contributed by atoms with Gasteiger partial charge in [0, 0.05) is 25.2 Å². The number of carbonyl (C=O) groups excluding carboxylic acids is 1. The second-order valence-corrected chi connectivity index (χ2v) is 8.04. The van der Waals surface area contributed by atoms with Crippen LogP contribution in [0.4, 0.5) is 11.5 Å². The fourth-order valence-corrected chi connectivity index (χ4v) is 4.68. The molecule has 2 aliphatic heterocycles. The number of H-pyrrole nitrogens is 1. The number of thiazole rings is 1. The SMILES string of the molecule is CC[C@@H]1C(=O)N(C)c2cnc(-c3cn[nH]c3-c3nccs3)nc2N1[C@H]1CCOC1. The molecule has 10 heteroatoms. The highest BCUT2D eigenvalue weighted by Crippen LogP contribution is 2.39. The number of fused-ring (bicyclic) bond motifs is 1. The molecule has 2 aliphatic rings. The summed E-state index contributed by atoms with van der Waals surface area (Å²) in [7, 11) is 1.79. The lowest BCUT2D eigenvalue weighted by Gasteiger charge is -2.43. The number of nitrogens with one attached hydrogen (secondary N) is 1. The molecule has 0 aliphatic carbocycles. The third kappa shape index (κ3) is 2.90. The normalized spacial score (nSPS) is 21.7. The van der Waals surface area contributed by atoms with E-state index in [9.17, 15) is 4.79 Å². The molecule has 150 valence electrons. The molecule has 0 saturated carbocycles. The summed E-state index contributed by atoms with van der Waals surface area (Å²) in [6, 6.07) is -0.133. The number of rotatable bonds is 4. The number of aromatic amines is 1. The molecule has 3 aromatic heterocycles. The van der Waals surface area contributed by atoms with E-state index in [1.807, 2.05) is 12.3 Å². The van der Waals surface area contributed by atoms with E-state index in [2.05, 4.69) is 25.1 Å². The Morgan fingerprint density at radius 2 is 2.24 bits per heavy atom. The number of nitrogens with zero attached hydrogens (tertiary/aromatic N) is 6. The van der Waals surface area contributed by atoms with Gasteiger partial charge in [-0.1, -0.05) is 6.92 Å². The monoisotopic (exact) mass is 411 g/mol. The van der Waals surface area contributed by atoms with Gasteiger partial charge in [0.25, 0.3) is 0 Å². The minimum Gasteiger partial charge on any atom is -0.379 e. The summed E-state index contributed by atoms with van der Waals surface area (Å²) in [6.07, 6.45) is 6.78. The van der Waals surface area contributed by atoms with Crippen LogP contribution in [0, 0.1) is 0 Å². The average Bonchev–Trinajstić information content (AvgIpc) is 3.51. The Hall–Kier alpha value is -2.85. The molecule has 2 atom stereocenters. The van der Waals surface area contributed by atoms with Gasteiger partial charge < -0.3 is 14.5 Å². The average molecular weight is 411 g/mol. The summed E-state index contributed by atoms with van der Waals surface area (Å²) in [5, 5.41) is 9.94. The number of hydrogen-bond donors (Lipinski definition) is 1. The van der Waals surface area contributed by atoms with Crippen molar-refractivity contribution >= 4 is 28.7 Å². The van der Waals surface area contributed by atoms with Crippen LogP contribution >= 0.6 is 11.3 Å². The zero-order valence-electron chi connectivity index (χ0n) is 16.2. The van der Waals surface area contributed by atoms with Crippen LogP contribution in [0.3, 0.4) is 0 Å². The van der Waals surface area contributed by atoms with Gasteiger partial charge in [0.05, 0.1) is 30.6 Å². The quantitative estimate of drug-likeness (QED) is 0.703. The first-order valence-corrected chi connectivity index (χ1v) is 10.5. The summed E-state index contributed by atoms with van der Waals surface area (Å²) in [4.78, 5) is 30.6. The fraction of sp³-hybridized carbons (Fsp3) is 0.421. The molecule has 29 heavy (non-hydrogen) atoms. The Morgan fingerprint density at radius 3 is 2.97 bits per heavy atom. The van der Waals surface area contributed by atoms with Crippen LogP contribution in [0.15, 0.2) is 24.0 Å². The predicted octanol–water partition coefficient (Wildman–Crippen LogP) is 2.34. The first-order chi connectivity index (χ1) is 14.2. The summed E-state index contributed by atoms with van der Waals surface area (Å²) >= 11 is 1.53. The smallest absolute Gasteiger partial charge is 0.249 e.